The summed E-state index contributed by atoms with van der Waals surface area (Å²) in [5, 5.41) is 8.62. The first-order valence-corrected chi connectivity index (χ1v) is 5.89. The highest BCUT2D eigenvalue weighted by atomic mass is 35.5. The molecule has 15 heavy (non-hydrogen) atoms. The van der Waals surface area contributed by atoms with Crippen LogP contribution in [0.3, 0.4) is 0 Å². The molecule has 2 heterocycles. The molecule has 0 aromatic carbocycles. The summed E-state index contributed by atoms with van der Waals surface area (Å²) in [6.45, 7) is 5.54. The van der Waals surface area contributed by atoms with E-state index >= 15 is 0 Å². The smallest absolute Gasteiger partial charge is 0.0837 e. The molecule has 0 spiro atoms. The average Bonchev–Trinajstić information content (AvgIpc) is 2.74. The van der Waals surface area contributed by atoms with Gasteiger partial charge in [-0.1, -0.05) is 25.4 Å². The monoisotopic (exact) mass is 227 g/mol. The van der Waals surface area contributed by atoms with E-state index in [4.69, 9.17) is 11.6 Å². The summed E-state index contributed by atoms with van der Waals surface area (Å²) >= 11 is 6.24. The molecule has 0 aliphatic carbocycles. The summed E-state index contributed by atoms with van der Waals surface area (Å²) in [4.78, 5) is 0. The van der Waals surface area contributed by atoms with E-state index in [0.29, 0.717) is 5.92 Å². The fourth-order valence-electron chi connectivity index (χ4n) is 2.65. The van der Waals surface area contributed by atoms with Crippen LogP contribution in [0.15, 0.2) is 6.20 Å². The summed E-state index contributed by atoms with van der Waals surface area (Å²) in [5.41, 5.74) is 1.15. The number of rotatable bonds is 2. The molecular weight excluding hydrogens is 210 g/mol. The Morgan fingerprint density at radius 1 is 1.60 bits per heavy atom. The second-order valence-corrected chi connectivity index (χ2v) is 5.03. The molecular formula is C11H18ClN3. The molecule has 1 aromatic rings. The molecule has 1 unspecified atom stereocenters. The molecule has 84 valence electrons. The van der Waals surface area contributed by atoms with Crippen molar-refractivity contribution in [2.24, 2.45) is 13.0 Å². The van der Waals surface area contributed by atoms with E-state index in [0.717, 1.165) is 23.7 Å². The van der Waals surface area contributed by atoms with Crippen molar-refractivity contribution in [1.29, 1.82) is 0 Å². The van der Waals surface area contributed by atoms with Crippen LogP contribution in [0.25, 0.3) is 0 Å². The fraction of sp³-hybridized carbons (Fsp3) is 0.727. The standard InChI is InChI=1S/C11H18ClN3/c1-8(2)11(5-4-6-13-11)10-9(12)7-14-15(10)3/h7-8,13H,4-6H2,1-3H3. The highest BCUT2D eigenvalue weighted by molar-refractivity contribution is 6.31. The van der Waals surface area contributed by atoms with Crippen molar-refractivity contribution in [2.45, 2.75) is 32.2 Å². The van der Waals surface area contributed by atoms with E-state index in [1.807, 2.05) is 11.7 Å². The Morgan fingerprint density at radius 2 is 2.33 bits per heavy atom. The van der Waals surface area contributed by atoms with Crippen LogP contribution in [0, 0.1) is 5.92 Å². The van der Waals surface area contributed by atoms with Crippen molar-refractivity contribution in [2.75, 3.05) is 6.54 Å². The van der Waals surface area contributed by atoms with Gasteiger partial charge in [-0.25, -0.2) is 0 Å². The molecule has 0 radical (unpaired) electrons. The minimum absolute atomic E-state index is 0.0162. The molecule has 0 amide bonds. The van der Waals surface area contributed by atoms with Crippen molar-refractivity contribution < 1.29 is 0 Å². The number of aryl methyl sites for hydroxylation is 1. The Morgan fingerprint density at radius 3 is 2.73 bits per heavy atom. The maximum atomic E-state index is 6.24. The van der Waals surface area contributed by atoms with Gasteiger partial charge in [-0.15, -0.1) is 0 Å². The second-order valence-electron chi connectivity index (χ2n) is 4.62. The Balaban J connectivity index is 2.50. The van der Waals surface area contributed by atoms with Gasteiger partial charge in [-0.05, 0) is 25.3 Å². The summed E-state index contributed by atoms with van der Waals surface area (Å²) in [6, 6.07) is 0. The molecule has 3 nitrogen and oxygen atoms in total. The van der Waals surface area contributed by atoms with Gasteiger partial charge in [0, 0.05) is 7.05 Å². The Hall–Kier alpha value is -0.540. The lowest BCUT2D eigenvalue weighted by atomic mass is 9.82. The van der Waals surface area contributed by atoms with Crippen LogP contribution < -0.4 is 5.32 Å². The van der Waals surface area contributed by atoms with Gasteiger partial charge in [0.2, 0.25) is 0 Å². The first-order chi connectivity index (χ1) is 7.08. The molecule has 1 fully saturated rings. The largest absolute Gasteiger partial charge is 0.306 e. The number of aromatic nitrogens is 2. The third kappa shape index (κ3) is 1.58. The topological polar surface area (TPSA) is 29.9 Å². The number of nitrogens with zero attached hydrogens (tertiary/aromatic N) is 2. The van der Waals surface area contributed by atoms with E-state index in [1.165, 1.54) is 6.42 Å². The molecule has 1 aliphatic heterocycles. The third-order valence-corrected chi connectivity index (χ3v) is 3.77. The quantitative estimate of drug-likeness (QED) is 0.841. The molecule has 1 saturated heterocycles. The SMILES string of the molecule is CC(C)C1(c2c(Cl)cnn2C)CCCN1. The maximum absolute atomic E-state index is 6.24. The van der Waals surface area contributed by atoms with Crippen LogP contribution in [0.2, 0.25) is 5.02 Å². The van der Waals surface area contributed by atoms with Crippen molar-refractivity contribution >= 4 is 11.6 Å². The minimum atomic E-state index is 0.0162. The molecule has 2 rings (SSSR count). The zero-order valence-electron chi connectivity index (χ0n) is 9.55. The Bertz CT molecular complexity index is 331. The van der Waals surface area contributed by atoms with Crippen molar-refractivity contribution in [3.63, 3.8) is 0 Å². The van der Waals surface area contributed by atoms with Crippen LogP contribution in [0.4, 0.5) is 0 Å². The third-order valence-electron chi connectivity index (χ3n) is 3.49. The molecule has 1 aliphatic rings. The van der Waals surface area contributed by atoms with E-state index in [1.54, 1.807) is 6.20 Å². The number of hydrogen-bond acceptors (Lipinski definition) is 2. The van der Waals surface area contributed by atoms with Crippen molar-refractivity contribution in [3.05, 3.63) is 16.9 Å². The first kappa shape index (κ1) is 11.0. The maximum Gasteiger partial charge on any atom is 0.0837 e. The van der Waals surface area contributed by atoms with Crippen molar-refractivity contribution in [3.8, 4) is 0 Å². The van der Waals surface area contributed by atoms with E-state index < -0.39 is 0 Å². The lowest BCUT2D eigenvalue weighted by Crippen LogP contribution is -2.43. The highest BCUT2D eigenvalue weighted by Gasteiger charge is 2.41. The molecule has 1 aromatic heterocycles. The molecule has 1 atom stereocenters. The van der Waals surface area contributed by atoms with Crippen LogP contribution in [0.5, 0.6) is 0 Å². The highest BCUT2D eigenvalue weighted by Crippen LogP contribution is 2.40. The van der Waals surface area contributed by atoms with Gasteiger partial charge < -0.3 is 5.32 Å². The van der Waals surface area contributed by atoms with Gasteiger partial charge in [0.15, 0.2) is 0 Å². The lowest BCUT2D eigenvalue weighted by Gasteiger charge is -2.34. The van der Waals surface area contributed by atoms with Crippen LogP contribution in [-0.4, -0.2) is 16.3 Å². The number of hydrogen-bond donors (Lipinski definition) is 1. The van der Waals surface area contributed by atoms with Gasteiger partial charge in [-0.3, -0.25) is 4.68 Å². The number of nitrogens with one attached hydrogen (secondary N) is 1. The van der Waals surface area contributed by atoms with E-state index in [-0.39, 0.29) is 5.54 Å². The van der Waals surface area contributed by atoms with Crippen LogP contribution in [-0.2, 0) is 12.6 Å². The fourth-order valence-corrected chi connectivity index (χ4v) is 2.98. The predicted molar refractivity (Wildman–Crippen MR) is 62.0 cm³/mol. The minimum Gasteiger partial charge on any atom is -0.306 e. The predicted octanol–water partition coefficient (Wildman–Crippen LogP) is 2.31. The average molecular weight is 228 g/mol. The van der Waals surface area contributed by atoms with Crippen LogP contribution >= 0.6 is 11.6 Å². The lowest BCUT2D eigenvalue weighted by molar-refractivity contribution is 0.259. The van der Waals surface area contributed by atoms with Gasteiger partial charge >= 0.3 is 0 Å². The summed E-state index contributed by atoms with van der Waals surface area (Å²) in [6.07, 6.45) is 4.09. The van der Waals surface area contributed by atoms with E-state index in [2.05, 4.69) is 24.3 Å². The molecule has 0 bridgehead atoms. The number of halogens is 1. The van der Waals surface area contributed by atoms with Gasteiger partial charge in [0.1, 0.15) is 0 Å². The Kier molecular flexibility index (Phi) is 2.77. The second kappa shape index (κ2) is 3.80. The van der Waals surface area contributed by atoms with Gasteiger partial charge in [-0.2, -0.15) is 5.10 Å². The zero-order valence-corrected chi connectivity index (χ0v) is 10.3. The van der Waals surface area contributed by atoms with Gasteiger partial charge in [0.25, 0.3) is 0 Å². The van der Waals surface area contributed by atoms with Gasteiger partial charge in [0.05, 0.1) is 22.5 Å². The van der Waals surface area contributed by atoms with E-state index in [9.17, 15) is 0 Å². The zero-order chi connectivity index (χ0) is 11.1. The summed E-state index contributed by atoms with van der Waals surface area (Å²) in [5.74, 6) is 0.521. The molecule has 4 heteroatoms. The summed E-state index contributed by atoms with van der Waals surface area (Å²) in [7, 11) is 1.96. The molecule has 0 saturated carbocycles. The Labute approximate surface area is 95.8 Å². The normalized spacial score (nSPS) is 26.5. The molecule has 1 N–H and O–H groups in total. The van der Waals surface area contributed by atoms with Crippen LogP contribution in [0.1, 0.15) is 32.4 Å². The first-order valence-electron chi connectivity index (χ1n) is 5.51. The van der Waals surface area contributed by atoms with Crippen molar-refractivity contribution in [1.82, 2.24) is 15.1 Å². The summed E-state index contributed by atoms with van der Waals surface area (Å²) < 4.78 is 1.90.